The molecule has 0 bridgehead atoms. The van der Waals surface area contributed by atoms with E-state index in [0.29, 0.717) is 6.54 Å². The van der Waals surface area contributed by atoms with E-state index in [-0.39, 0.29) is 0 Å². The number of rotatable bonds is 4. The molecule has 0 saturated carbocycles. The maximum Gasteiger partial charge on any atom is 0.114 e. The van der Waals surface area contributed by atoms with E-state index in [1.54, 1.807) is 6.92 Å². The van der Waals surface area contributed by atoms with E-state index >= 15 is 0 Å². The van der Waals surface area contributed by atoms with Gasteiger partial charge in [-0.25, -0.2) is 0 Å². The van der Waals surface area contributed by atoms with Gasteiger partial charge in [0.15, 0.2) is 0 Å². The van der Waals surface area contributed by atoms with Gasteiger partial charge < -0.3 is 15.1 Å². The Morgan fingerprint density at radius 1 is 1.15 bits per heavy atom. The molecule has 4 heteroatoms. The van der Waals surface area contributed by atoms with Crippen LogP contribution in [0.5, 0.6) is 0 Å². The predicted octanol–water partition coefficient (Wildman–Crippen LogP) is 0.892. The molecule has 0 amide bonds. The Labute approximate surface area is 121 Å². The van der Waals surface area contributed by atoms with E-state index in [0.717, 1.165) is 38.2 Å². The summed E-state index contributed by atoms with van der Waals surface area (Å²) in [6, 6.07) is 9.41. The van der Waals surface area contributed by atoms with Crippen LogP contribution in [0.3, 0.4) is 0 Å². The van der Waals surface area contributed by atoms with E-state index < -0.39 is 11.7 Å². The van der Waals surface area contributed by atoms with Gasteiger partial charge in [-0.1, -0.05) is 30.3 Å². The Kier molecular flexibility index (Phi) is 5.16. The first kappa shape index (κ1) is 15.4. The molecule has 1 aromatic carbocycles. The molecule has 1 aliphatic heterocycles. The number of aliphatic hydroxyl groups excluding tert-OH is 1. The van der Waals surface area contributed by atoms with Crippen molar-refractivity contribution in [3.63, 3.8) is 0 Å². The van der Waals surface area contributed by atoms with Crippen molar-refractivity contribution >= 4 is 0 Å². The zero-order chi connectivity index (χ0) is 14.6. The van der Waals surface area contributed by atoms with Crippen LogP contribution in [-0.4, -0.2) is 65.9 Å². The summed E-state index contributed by atoms with van der Waals surface area (Å²) in [6.07, 6.45) is 0.324. The van der Waals surface area contributed by atoms with Crippen LogP contribution in [0, 0.1) is 0 Å². The maximum atomic E-state index is 10.6. The van der Waals surface area contributed by atoms with Crippen molar-refractivity contribution in [1.29, 1.82) is 0 Å². The molecular weight excluding hydrogens is 252 g/mol. The van der Waals surface area contributed by atoms with E-state index in [1.165, 1.54) is 0 Å². The Hall–Kier alpha value is -0.940. The molecule has 0 radical (unpaired) electrons. The molecule has 1 aromatic rings. The van der Waals surface area contributed by atoms with Crippen molar-refractivity contribution in [1.82, 2.24) is 9.80 Å². The zero-order valence-corrected chi connectivity index (χ0v) is 12.5. The first-order valence-corrected chi connectivity index (χ1v) is 7.37. The lowest BCUT2D eigenvalue weighted by Crippen LogP contribution is -2.45. The normalized spacial score (nSPS) is 23.0. The zero-order valence-electron chi connectivity index (χ0n) is 12.5. The van der Waals surface area contributed by atoms with Crippen LogP contribution < -0.4 is 0 Å². The van der Waals surface area contributed by atoms with Crippen molar-refractivity contribution in [2.45, 2.75) is 25.0 Å². The second-order valence-electron chi connectivity index (χ2n) is 5.99. The van der Waals surface area contributed by atoms with Gasteiger partial charge in [0.05, 0.1) is 6.10 Å². The fourth-order valence-electron chi connectivity index (χ4n) is 2.67. The van der Waals surface area contributed by atoms with Gasteiger partial charge in [0.25, 0.3) is 0 Å². The Morgan fingerprint density at radius 2 is 1.85 bits per heavy atom. The fraction of sp³-hybridized carbons (Fsp3) is 0.625. The molecule has 2 unspecified atom stereocenters. The smallest absolute Gasteiger partial charge is 0.114 e. The summed E-state index contributed by atoms with van der Waals surface area (Å²) < 4.78 is 0. The van der Waals surface area contributed by atoms with Crippen LogP contribution in [0.2, 0.25) is 0 Å². The van der Waals surface area contributed by atoms with Gasteiger partial charge in [-0.2, -0.15) is 0 Å². The lowest BCUT2D eigenvalue weighted by molar-refractivity contribution is -0.0788. The highest BCUT2D eigenvalue weighted by atomic mass is 16.3. The van der Waals surface area contributed by atoms with Crippen molar-refractivity contribution in [3.8, 4) is 0 Å². The molecule has 1 saturated heterocycles. The third kappa shape index (κ3) is 3.79. The average molecular weight is 278 g/mol. The number of nitrogens with zero attached hydrogens (tertiary/aromatic N) is 2. The van der Waals surface area contributed by atoms with Crippen molar-refractivity contribution in [2.24, 2.45) is 0 Å². The van der Waals surface area contributed by atoms with Gasteiger partial charge in [0.2, 0.25) is 0 Å². The Morgan fingerprint density at radius 3 is 2.55 bits per heavy atom. The number of hydrogen-bond acceptors (Lipinski definition) is 4. The number of benzene rings is 1. The molecule has 2 rings (SSSR count). The number of aliphatic hydroxyl groups is 2. The minimum Gasteiger partial charge on any atom is -0.388 e. The van der Waals surface area contributed by atoms with Crippen LogP contribution in [0.4, 0.5) is 0 Å². The first-order chi connectivity index (χ1) is 9.50. The number of β-amino-alcohol motifs (C(OH)–C–C–N with tert-alkyl or cyclic N) is 1. The van der Waals surface area contributed by atoms with Gasteiger partial charge in [-0.3, -0.25) is 4.90 Å². The first-order valence-electron chi connectivity index (χ1n) is 7.37. The summed E-state index contributed by atoms with van der Waals surface area (Å²) in [7, 11) is 2.13. The van der Waals surface area contributed by atoms with Crippen molar-refractivity contribution in [3.05, 3.63) is 35.9 Å². The molecule has 0 spiro atoms. The Bertz CT molecular complexity index is 408. The second-order valence-corrected chi connectivity index (χ2v) is 5.99. The summed E-state index contributed by atoms with van der Waals surface area (Å²) in [5.74, 6) is 0. The number of hydrogen-bond donors (Lipinski definition) is 2. The minimum atomic E-state index is -1.21. The summed E-state index contributed by atoms with van der Waals surface area (Å²) in [5.41, 5.74) is -0.445. The standard InChI is InChI=1S/C16H26N2O2/c1-16(20,14-7-4-3-5-8-14)15(19)13-18-10-6-9-17(2)11-12-18/h3-5,7-8,15,19-20H,6,9-13H2,1-2H3. The summed E-state index contributed by atoms with van der Waals surface area (Å²) in [5, 5.41) is 21.1. The molecule has 1 fully saturated rings. The molecular formula is C16H26N2O2. The largest absolute Gasteiger partial charge is 0.388 e. The van der Waals surface area contributed by atoms with Crippen LogP contribution in [-0.2, 0) is 5.60 Å². The van der Waals surface area contributed by atoms with E-state index in [4.69, 9.17) is 0 Å². The molecule has 4 nitrogen and oxygen atoms in total. The van der Waals surface area contributed by atoms with Gasteiger partial charge in [0, 0.05) is 19.6 Å². The molecule has 2 atom stereocenters. The monoisotopic (exact) mass is 278 g/mol. The summed E-state index contributed by atoms with van der Waals surface area (Å²) >= 11 is 0. The fourth-order valence-corrected chi connectivity index (χ4v) is 2.67. The predicted molar refractivity (Wildman–Crippen MR) is 80.6 cm³/mol. The van der Waals surface area contributed by atoms with Crippen molar-refractivity contribution < 1.29 is 10.2 Å². The molecule has 2 N–H and O–H groups in total. The quantitative estimate of drug-likeness (QED) is 0.859. The molecule has 0 aliphatic carbocycles. The van der Waals surface area contributed by atoms with Crippen molar-refractivity contribution in [2.75, 3.05) is 39.8 Å². The Balaban J connectivity index is 1.98. The van der Waals surface area contributed by atoms with E-state index in [9.17, 15) is 10.2 Å². The lowest BCUT2D eigenvalue weighted by atomic mass is 9.90. The molecule has 112 valence electrons. The topological polar surface area (TPSA) is 46.9 Å². The van der Waals surface area contributed by atoms with Gasteiger partial charge in [-0.15, -0.1) is 0 Å². The van der Waals surface area contributed by atoms with Gasteiger partial charge >= 0.3 is 0 Å². The molecule has 1 heterocycles. The SMILES string of the molecule is CN1CCCN(CC(O)C(C)(O)c2ccccc2)CC1. The highest BCUT2D eigenvalue weighted by Crippen LogP contribution is 2.25. The van der Waals surface area contributed by atoms with Crippen LogP contribution >= 0.6 is 0 Å². The highest BCUT2D eigenvalue weighted by molar-refractivity contribution is 5.22. The average Bonchev–Trinajstić information content (AvgIpc) is 2.64. The third-order valence-corrected chi connectivity index (χ3v) is 4.25. The molecule has 0 aromatic heterocycles. The summed E-state index contributed by atoms with van der Waals surface area (Å²) in [6.45, 7) is 6.24. The number of likely N-dealkylation sites (N-methyl/N-ethyl adjacent to an activating group) is 1. The second kappa shape index (κ2) is 6.68. The molecule has 20 heavy (non-hydrogen) atoms. The highest BCUT2D eigenvalue weighted by Gasteiger charge is 2.33. The maximum absolute atomic E-state index is 10.6. The van der Waals surface area contributed by atoms with E-state index in [2.05, 4.69) is 16.8 Å². The van der Waals surface area contributed by atoms with Crippen LogP contribution in [0.15, 0.2) is 30.3 Å². The minimum absolute atomic E-state index is 0.510. The molecule has 1 aliphatic rings. The van der Waals surface area contributed by atoms with E-state index in [1.807, 2.05) is 30.3 Å². The van der Waals surface area contributed by atoms with Gasteiger partial charge in [-0.05, 0) is 39.0 Å². The van der Waals surface area contributed by atoms with Crippen LogP contribution in [0.1, 0.15) is 18.9 Å². The third-order valence-electron chi connectivity index (χ3n) is 4.25. The van der Waals surface area contributed by atoms with Gasteiger partial charge in [0.1, 0.15) is 5.60 Å². The lowest BCUT2D eigenvalue weighted by Gasteiger charge is -2.33. The summed E-state index contributed by atoms with van der Waals surface area (Å²) in [4.78, 5) is 4.55. The van der Waals surface area contributed by atoms with Crippen LogP contribution in [0.25, 0.3) is 0 Å².